The summed E-state index contributed by atoms with van der Waals surface area (Å²) in [7, 11) is 0. The monoisotopic (exact) mass is 386 g/mol. The molecule has 0 aromatic heterocycles. The predicted octanol–water partition coefficient (Wildman–Crippen LogP) is 5.18. The number of hydrogen-bond acceptors (Lipinski definition) is 4. The van der Waals surface area contributed by atoms with Gasteiger partial charge in [-0.1, -0.05) is 26.8 Å². The van der Waals surface area contributed by atoms with E-state index in [9.17, 15) is 9.59 Å². The van der Waals surface area contributed by atoms with Crippen LogP contribution in [0.15, 0.2) is 23.5 Å². The molecule has 7 atom stereocenters. The van der Waals surface area contributed by atoms with Gasteiger partial charge in [-0.3, -0.25) is 9.59 Å². The lowest BCUT2D eigenvalue weighted by atomic mass is 9.46. The zero-order chi connectivity index (χ0) is 20.3. The highest BCUT2D eigenvalue weighted by Crippen LogP contribution is 2.66. The molecule has 28 heavy (non-hydrogen) atoms. The lowest BCUT2D eigenvalue weighted by Gasteiger charge is -2.58. The van der Waals surface area contributed by atoms with Crippen LogP contribution in [0.2, 0.25) is 0 Å². The molecule has 2 saturated carbocycles. The first-order valence-electron chi connectivity index (χ1n) is 10.9. The van der Waals surface area contributed by atoms with Gasteiger partial charge >= 0.3 is 11.9 Å². The van der Waals surface area contributed by atoms with E-state index in [4.69, 9.17) is 9.47 Å². The molecule has 0 aromatic rings. The zero-order valence-corrected chi connectivity index (χ0v) is 17.9. The summed E-state index contributed by atoms with van der Waals surface area (Å²) in [6.07, 6.45) is 11.0. The van der Waals surface area contributed by atoms with E-state index in [-0.39, 0.29) is 28.9 Å². The molecular weight excluding hydrogens is 352 g/mol. The van der Waals surface area contributed by atoms with Crippen LogP contribution in [0.1, 0.15) is 73.1 Å². The Balaban J connectivity index is 1.64. The van der Waals surface area contributed by atoms with E-state index in [1.54, 1.807) is 0 Å². The minimum absolute atomic E-state index is 0.0772. The van der Waals surface area contributed by atoms with E-state index in [1.807, 2.05) is 0 Å². The average molecular weight is 387 g/mol. The first-order chi connectivity index (χ1) is 13.2. The Kier molecular flexibility index (Phi) is 4.75. The molecule has 4 aliphatic carbocycles. The van der Waals surface area contributed by atoms with Crippen molar-refractivity contribution in [1.82, 2.24) is 0 Å². The van der Waals surface area contributed by atoms with Crippen LogP contribution in [0.5, 0.6) is 0 Å². The maximum atomic E-state index is 11.6. The first-order valence-corrected chi connectivity index (χ1v) is 10.9. The molecule has 0 aliphatic heterocycles. The predicted molar refractivity (Wildman–Crippen MR) is 107 cm³/mol. The second-order valence-corrected chi connectivity index (χ2v) is 10.1. The largest absolute Gasteiger partial charge is 0.462 e. The minimum Gasteiger partial charge on any atom is -0.462 e. The Hall–Kier alpha value is -1.58. The molecule has 0 aromatic carbocycles. The van der Waals surface area contributed by atoms with E-state index >= 15 is 0 Å². The Bertz CT molecular complexity index is 750. The number of rotatable bonds is 2. The summed E-state index contributed by atoms with van der Waals surface area (Å²) in [6, 6.07) is 0. The van der Waals surface area contributed by atoms with Crippen molar-refractivity contribution in [1.29, 1.82) is 0 Å². The van der Waals surface area contributed by atoms with Crippen molar-refractivity contribution in [3.05, 3.63) is 23.5 Å². The van der Waals surface area contributed by atoms with Crippen LogP contribution in [-0.2, 0) is 19.1 Å². The summed E-state index contributed by atoms with van der Waals surface area (Å²) in [5.41, 5.74) is 1.61. The van der Waals surface area contributed by atoms with E-state index in [1.165, 1.54) is 25.8 Å². The standard InChI is InChI=1S/C24H34O4/c1-14-12-18(27-15(2)25)13-17-6-7-19-20-8-9-22(28-16(3)26)23(20,4)11-10-21(19)24(14,17)5/h6,13-14,19-22H,7-12H2,1-5H3/t14-,19-,20-,21-,22-,23-,24-/m0/s1. The molecule has 0 saturated heterocycles. The van der Waals surface area contributed by atoms with Gasteiger partial charge in [0, 0.05) is 25.7 Å². The molecule has 154 valence electrons. The van der Waals surface area contributed by atoms with Crippen molar-refractivity contribution in [2.75, 3.05) is 0 Å². The van der Waals surface area contributed by atoms with Gasteiger partial charge in [-0.25, -0.2) is 0 Å². The SMILES string of the molecule is CC(=O)OC1=CC2=CC[C@H]3[C@@H]4CC[C@H](OC(C)=O)[C@@]4(C)CC[C@@H]3[C@@]2(C)[C@@H](C)C1. The molecule has 4 heteroatoms. The molecule has 0 radical (unpaired) electrons. The highest BCUT2D eigenvalue weighted by Gasteiger charge is 2.60. The zero-order valence-electron chi connectivity index (χ0n) is 17.9. The van der Waals surface area contributed by atoms with Gasteiger partial charge in [0.1, 0.15) is 11.9 Å². The van der Waals surface area contributed by atoms with E-state index in [0.29, 0.717) is 23.7 Å². The number of carbonyl (C=O) groups is 2. The van der Waals surface area contributed by atoms with E-state index < -0.39 is 0 Å². The summed E-state index contributed by atoms with van der Waals surface area (Å²) in [6.45, 7) is 10.1. The van der Waals surface area contributed by atoms with Crippen molar-refractivity contribution in [2.24, 2.45) is 34.5 Å². The molecular formula is C24H34O4. The molecule has 0 spiro atoms. The highest BCUT2D eigenvalue weighted by molar-refractivity contribution is 5.67. The van der Waals surface area contributed by atoms with Gasteiger partial charge in [-0.05, 0) is 72.8 Å². The molecule has 0 amide bonds. The smallest absolute Gasteiger partial charge is 0.307 e. The number of fused-ring (bicyclic) bond motifs is 5. The van der Waals surface area contributed by atoms with Gasteiger partial charge in [-0.2, -0.15) is 0 Å². The van der Waals surface area contributed by atoms with Crippen LogP contribution in [0.3, 0.4) is 0 Å². The second-order valence-electron chi connectivity index (χ2n) is 10.1. The van der Waals surface area contributed by atoms with Crippen LogP contribution < -0.4 is 0 Å². The lowest BCUT2D eigenvalue weighted by molar-refractivity contribution is -0.157. The number of ether oxygens (including phenoxy) is 2. The Morgan fingerprint density at radius 2 is 1.82 bits per heavy atom. The van der Waals surface area contributed by atoms with Crippen LogP contribution in [0, 0.1) is 34.5 Å². The molecule has 0 N–H and O–H groups in total. The molecule has 0 heterocycles. The third-order valence-corrected chi connectivity index (χ3v) is 8.78. The van der Waals surface area contributed by atoms with Crippen LogP contribution in [0.4, 0.5) is 0 Å². The average Bonchev–Trinajstić information content (AvgIpc) is 2.92. The van der Waals surface area contributed by atoms with Crippen molar-refractivity contribution in [2.45, 2.75) is 79.2 Å². The Morgan fingerprint density at radius 1 is 1.07 bits per heavy atom. The second kappa shape index (κ2) is 6.74. The molecule has 0 unspecified atom stereocenters. The molecule has 4 aliphatic rings. The number of allylic oxidation sites excluding steroid dienone is 4. The van der Waals surface area contributed by atoms with E-state index in [2.05, 4.69) is 32.9 Å². The number of esters is 2. The Labute approximate surface area is 168 Å². The number of hydrogen-bond donors (Lipinski definition) is 0. The van der Waals surface area contributed by atoms with Crippen molar-refractivity contribution >= 4 is 11.9 Å². The molecule has 4 nitrogen and oxygen atoms in total. The fourth-order valence-electron chi connectivity index (χ4n) is 7.27. The first kappa shape index (κ1) is 19.7. The number of carbonyl (C=O) groups excluding carboxylic acids is 2. The third kappa shape index (κ3) is 2.86. The van der Waals surface area contributed by atoms with Gasteiger partial charge in [0.15, 0.2) is 0 Å². The van der Waals surface area contributed by atoms with Crippen LogP contribution in [-0.4, -0.2) is 18.0 Å². The minimum atomic E-state index is -0.229. The van der Waals surface area contributed by atoms with Crippen molar-refractivity contribution in [3.8, 4) is 0 Å². The lowest BCUT2D eigenvalue weighted by Crippen LogP contribution is -2.52. The van der Waals surface area contributed by atoms with Crippen molar-refractivity contribution < 1.29 is 19.1 Å². The van der Waals surface area contributed by atoms with Gasteiger partial charge in [-0.15, -0.1) is 0 Å². The highest BCUT2D eigenvalue weighted by atomic mass is 16.5. The maximum absolute atomic E-state index is 11.6. The van der Waals surface area contributed by atoms with E-state index in [0.717, 1.165) is 37.9 Å². The van der Waals surface area contributed by atoms with Gasteiger partial charge in [0.25, 0.3) is 0 Å². The summed E-state index contributed by atoms with van der Waals surface area (Å²) in [5, 5.41) is 0. The summed E-state index contributed by atoms with van der Waals surface area (Å²) in [4.78, 5) is 23.0. The van der Waals surface area contributed by atoms with Crippen molar-refractivity contribution in [3.63, 3.8) is 0 Å². The van der Waals surface area contributed by atoms with Gasteiger partial charge < -0.3 is 9.47 Å². The fourth-order valence-corrected chi connectivity index (χ4v) is 7.27. The molecule has 2 fully saturated rings. The third-order valence-electron chi connectivity index (χ3n) is 8.78. The summed E-state index contributed by atoms with van der Waals surface area (Å²) < 4.78 is 11.2. The fraction of sp³-hybridized carbons (Fsp3) is 0.750. The van der Waals surface area contributed by atoms with Gasteiger partial charge in [0.2, 0.25) is 0 Å². The summed E-state index contributed by atoms with van der Waals surface area (Å²) in [5.74, 6) is 2.81. The van der Waals surface area contributed by atoms with Crippen LogP contribution >= 0.6 is 0 Å². The molecule has 0 bridgehead atoms. The quantitative estimate of drug-likeness (QED) is 0.613. The molecule has 4 rings (SSSR count). The van der Waals surface area contributed by atoms with Gasteiger partial charge in [0.05, 0.1) is 0 Å². The normalized spacial score (nSPS) is 44.4. The topological polar surface area (TPSA) is 52.6 Å². The summed E-state index contributed by atoms with van der Waals surface area (Å²) >= 11 is 0. The maximum Gasteiger partial charge on any atom is 0.307 e. The van der Waals surface area contributed by atoms with Crippen LogP contribution in [0.25, 0.3) is 0 Å². The Morgan fingerprint density at radius 3 is 2.50 bits per heavy atom.